The van der Waals surface area contributed by atoms with Crippen molar-refractivity contribution < 1.29 is 11.3 Å². The van der Waals surface area contributed by atoms with Gasteiger partial charge in [0.2, 0.25) is 5.95 Å². The van der Waals surface area contributed by atoms with Crippen molar-refractivity contribution in [3.8, 4) is 0 Å². The molecule has 1 heterocycles. The number of nitrogens with one attached hydrogen (secondary N) is 1. The molecule has 0 spiro atoms. The number of carbonyl (C=O) groups is 1. The zero-order chi connectivity index (χ0) is 16.1. The fourth-order valence-electron chi connectivity index (χ4n) is 2.73. The second-order valence-electron chi connectivity index (χ2n) is 6.29. The van der Waals surface area contributed by atoms with Gasteiger partial charge in [-0.3, -0.25) is 4.79 Å². The highest BCUT2D eigenvalue weighted by Crippen LogP contribution is 2.22. The summed E-state index contributed by atoms with van der Waals surface area (Å²) in [6.07, 6.45) is 6.49. The van der Waals surface area contributed by atoms with Gasteiger partial charge in [0.05, 0.1) is 17.4 Å². The monoisotopic (exact) mass is 308 g/mol. The lowest BCUT2D eigenvalue weighted by Gasteiger charge is -2.26. The Hall–Kier alpha value is -1.69. The van der Waals surface area contributed by atoms with E-state index in [0.29, 0.717) is 17.4 Å². The topological polar surface area (TPSA) is 101 Å². The van der Waals surface area contributed by atoms with E-state index in [0.717, 1.165) is 44.2 Å². The summed E-state index contributed by atoms with van der Waals surface area (Å²) in [4.78, 5) is 20.3. The molecule has 124 valence electrons. The Bertz CT molecular complexity index is 519. The van der Waals surface area contributed by atoms with Crippen molar-refractivity contribution in [1.29, 1.82) is 0 Å². The minimum atomic E-state index is -0.481. The van der Waals surface area contributed by atoms with Crippen molar-refractivity contribution in [2.24, 2.45) is 11.7 Å². The molecule has 0 aliphatic heterocycles. The minimum Gasteiger partial charge on any atom is -0.393 e. The molecular formula is C16H28N4O2. The molecule has 4 N–H and O–H groups in total. The van der Waals surface area contributed by atoms with Crippen LogP contribution >= 0.6 is 0 Å². The lowest BCUT2D eigenvalue weighted by atomic mass is 9.93. The predicted octanol–water partition coefficient (Wildman–Crippen LogP) is 2.13. The highest BCUT2D eigenvalue weighted by molar-refractivity contribution is 5.93. The molecule has 0 unspecified atom stereocenters. The molecule has 1 aliphatic rings. The van der Waals surface area contributed by atoms with E-state index in [2.05, 4.69) is 29.1 Å². The largest absolute Gasteiger partial charge is 0.393 e. The van der Waals surface area contributed by atoms with Gasteiger partial charge in [0.1, 0.15) is 0 Å². The molecule has 0 bridgehead atoms. The van der Waals surface area contributed by atoms with Crippen molar-refractivity contribution in [2.45, 2.75) is 64.5 Å². The molecule has 1 saturated carbocycles. The van der Waals surface area contributed by atoms with Crippen molar-refractivity contribution >= 4 is 11.9 Å². The van der Waals surface area contributed by atoms with Crippen molar-refractivity contribution in [2.75, 3.05) is 5.32 Å². The summed E-state index contributed by atoms with van der Waals surface area (Å²) in [6.45, 7) is 4.24. The van der Waals surface area contributed by atoms with Crippen LogP contribution in [0.4, 0.5) is 5.95 Å². The van der Waals surface area contributed by atoms with Crippen LogP contribution in [0.2, 0.25) is 0 Å². The van der Waals surface area contributed by atoms with E-state index in [-0.39, 0.29) is 13.6 Å². The number of rotatable bonds is 6. The number of hydrogen-bond acceptors (Lipinski definition) is 5. The zero-order valence-electron chi connectivity index (χ0n) is 13.4. The van der Waals surface area contributed by atoms with Gasteiger partial charge in [0.15, 0.2) is 0 Å². The Balaban J connectivity index is 0.00000264. The average molecular weight is 308 g/mol. The van der Waals surface area contributed by atoms with Gasteiger partial charge >= 0.3 is 0 Å². The van der Waals surface area contributed by atoms with Crippen LogP contribution in [0.15, 0.2) is 6.20 Å². The molecule has 1 amide bonds. The second-order valence-corrected chi connectivity index (χ2v) is 6.29. The third-order valence-electron chi connectivity index (χ3n) is 4.40. The van der Waals surface area contributed by atoms with Gasteiger partial charge in [0, 0.05) is 13.7 Å². The molecule has 1 aliphatic carbocycles. The van der Waals surface area contributed by atoms with E-state index >= 15 is 0 Å². The maximum atomic E-state index is 11.5. The summed E-state index contributed by atoms with van der Waals surface area (Å²) in [5, 5.41) is 12.9. The average Bonchev–Trinajstić information content (AvgIpc) is 2.49. The van der Waals surface area contributed by atoms with Crippen LogP contribution in [0.3, 0.4) is 0 Å². The van der Waals surface area contributed by atoms with Gasteiger partial charge in [-0.2, -0.15) is 0 Å². The number of aliphatic hydroxyl groups is 1. The van der Waals surface area contributed by atoms with Gasteiger partial charge in [-0.05, 0) is 38.0 Å². The number of nitrogens with two attached hydrogens (primary N) is 1. The lowest BCUT2D eigenvalue weighted by molar-refractivity contribution is 0.0998. The second kappa shape index (κ2) is 7.54. The maximum Gasteiger partial charge on any atom is 0.252 e. The Morgan fingerprint density at radius 1 is 1.50 bits per heavy atom. The first kappa shape index (κ1) is 16.7. The molecule has 1 fully saturated rings. The minimum absolute atomic E-state index is 0. The number of primary amides is 1. The molecule has 1 aromatic heterocycles. The molecule has 1 aromatic rings. The SMILES string of the molecule is CC[C@H](C)Cc1nc(NC2CCC(O)CC2)ncc1C(N)=O.[HH]. The fraction of sp³-hybridized carbons (Fsp3) is 0.688. The summed E-state index contributed by atoms with van der Waals surface area (Å²) in [6, 6.07) is 0.277. The molecule has 22 heavy (non-hydrogen) atoms. The van der Waals surface area contributed by atoms with Crippen LogP contribution in [0.25, 0.3) is 0 Å². The first-order valence-electron chi connectivity index (χ1n) is 8.09. The predicted molar refractivity (Wildman–Crippen MR) is 87.7 cm³/mol. The summed E-state index contributed by atoms with van der Waals surface area (Å²) in [7, 11) is 0. The Labute approximate surface area is 133 Å². The van der Waals surface area contributed by atoms with Crippen molar-refractivity contribution in [3.05, 3.63) is 17.5 Å². The molecule has 6 heteroatoms. The number of carbonyl (C=O) groups excluding carboxylic acids is 1. The first-order valence-corrected chi connectivity index (χ1v) is 8.09. The summed E-state index contributed by atoms with van der Waals surface area (Å²) >= 11 is 0. The molecule has 0 radical (unpaired) electrons. The molecule has 1 atom stereocenters. The Morgan fingerprint density at radius 2 is 2.18 bits per heavy atom. The van der Waals surface area contributed by atoms with E-state index in [1.807, 2.05) is 0 Å². The van der Waals surface area contributed by atoms with Crippen LogP contribution in [0, 0.1) is 5.92 Å². The summed E-state index contributed by atoms with van der Waals surface area (Å²) in [5.41, 5.74) is 6.54. The number of hydrogen-bond donors (Lipinski definition) is 3. The highest BCUT2D eigenvalue weighted by Gasteiger charge is 2.21. The zero-order valence-corrected chi connectivity index (χ0v) is 13.4. The number of aromatic nitrogens is 2. The molecular weight excluding hydrogens is 280 g/mol. The van der Waals surface area contributed by atoms with E-state index in [4.69, 9.17) is 5.73 Å². The van der Waals surface area contributed by atoms with Crippen LogP contribution in [0.5, 0.6) is 0 Å². The van der Waals surface area contributed by atoms with Gasteiger partial charge in [-0.1, -0.05) is 20.3 Å². The third kappa shape index (κ3) is 4.40. The molecule has 2 rings (SSSR count). The smallest absolute Gasteiger partial charge is 0.252 e. The lowest BCUT2D eigenvalue weighted by Crippen LogP contribution is -2.29. The molecule has 0 aromatic carbocycles. The van der Waals surface area contributed by atoms with Crippen LogP contribution in [-0.2, 0) is 6.42 Å². The van der Waals surface area contributed by atoms with E-state index in [9.17, 15) is 9.90 Å². The third-order valence-corrected chi connectivity index (χ3v) is 4.40. The van der Waals surface area contributed by atoms with Crippen LogP contribution in [-0.4, -0.2) is 33.1 Å². The molecule has 0 saturated heterocycles. The van der Waals surface area contributed by atoms with Gasteiger partial charge in [0.25, 0.3) is 5.91 Å². The Morgan fingerprint density at radius 3 is 2.77 bits per heavy atom. The summed E-state index contributed by atoms with van der Waals surface area (Å²) < 4.78 is 0. The van der Waals surface area contributed by atoms with Gasteiger partial charge < -0.3 is 16.2 Å². The summed E-state index contributed by atoms with van der Waals surface area (Å²) in [5.74, 6) is 0.501. The normalized spacial score (nSPS) is 23.0. The van der Waals surface area contributed by atoms with E-state index in [1.165, 1.54) is 6.20 Å². The van der Waals surface area contributed by atoms with Crippen molar-refractivity contribution in [3.63, 3.8) is 0 Å². The first-order chi connectivity index (χ1) is 10.5. The van der Waals surface area contributed by atoms with E-state index < -0.39 is 5.91 Å². The molecule has 6 nitrogen and oxygen atoms in total. The van der Waals surface area contributed by atoms with Gasteiger partial charge in [-0.15, -0.1) is 0 Å². The Kier molecular flexibility index (Phi) is 5.71. The fourth-order valence-corrected chi connectivity index (χ4v) is 2.73. The number of anilines is 1. The number of amides is 1. The number of nitrogens with zero attached hydrogens (tertiary/aromatic N) is 2. The van der Waals surface area contributed by atoms with E-state index in [1.54, 1.807) is 0 Å². The van der Waals surface area contributed by atoms with Crippen LogP contribution < -0.4 is 11.1 Å². The van der Waals surface area contributed by atoms with Crippen molar-refractivity contribution in [1.82, 2.24) is 9.97 Å². The maximum absolute atomic E-state index is 11.5. The van der Waals surface area contributed by atoms with Gasteiger partial charge in [-0.25, -0.2) is 9.97 Å². The van der Waals surface area contributed by atoms with Crippen LogP contribution in [0.1, 0.15) is 63.4 Å². The number of aliphatic hydroxyl groups excluding tert-OH is 1. The standard InChI is InChI=1S/C16H26N4O2.H2/c1-3-10(2)8-14-13(15(17)22)9-18-16(20-14)19-11-4-6-12(21)7-5-11;/h9-12,21H,3-8H2,1-2H3,(H2,17,22)(H,18,19,20);1H/t10-,11?,12?;/m0./s1. The highest BCUT2D eigenvalue weighted by atomic mass is 16.3. The quantitative estimate of drug-likeness (QED) is 0.747.